The highest BCUT2D eigenvalue weighted by atomic mass is 16.5. The van der Waals surface area contributed by atoms with Gasteiger partial charge in [0.15, 0.2) is 11.7 Å². The molecule has 0 spiro atoms. The fraction of sp³-hybridized carbons (Fsp3) is 0.545. The van der Waals surface area contributed by atoms with Gasteiger partial charge in [-0.05, 0) is 45.3 Å². The van der Waals surface area contributed by atoms with Crippen molar-refractivity contribution in [3.05, 3.63) is 47.3 Å². The highest BCUT2D eigenvalue weighted by Crippen LogP contribution is 2.31. The Morgan fingerprint density at radius 1 is 1.24 bits per heavy atom. The number of methoxy groups -OCH3 is 1. The number of likely N-dealkylation sites (tertiary alicyclic amines) is 1. The van der Waals surface area contributed by atoms with E-state index < -0.39 is 0 Å². The maximum absolute atomic E-state index is 5.64. The number of aliphatic imine (C=N–C) groups is 1. The lowest BCUT2D eigenvalue weighted by molar-refractivity contribution is 0.239. The van der Waals surface area contributed by atoms with Crippen molar-refractivity contribution in [2.75, 3.05) is 33.3 Å². The number of aryl methyl sites for hydroxylation is 1. The summed E-state index contributed by atoms with van der Waals surface area (Å²) < 4.78 is 11.0. The summed E-state index contributed by atoms with van der Waals surface area (Å²) in [4.78, 5) is 7.20. The molecule has 1 saturated heterocycles. The second kappa shape index (κ2) is 10.9. The molecule has 1 unspecified atom stereocenters. The van der Waals surface area contributed by atoms with E-state index >= 15 is 0 Å². The lowest BCUT2D eigenvalue weighted by Gasteiger charge is -2.30. The number of hydrogen-bond acceptors (Lipinski definition) is 5. The van der Waals surface area contributed by atoms with Gasteiger partial charge in [0.1, 0.15) is 12.3 Å². The van der Waals surface area contributed by atoms with Gasteiger partial charge in [-0.15, -0.1) is 0 Å². The van der Waals surface area contributed by atoms with Gasteiger partial charge < -0.3 is 19.9 Å². The van der Waals surface area contributed by atoms with E-state index in [4.69, 9.17) is 9.26 Å². The molecule has 1 aliphatic rings. The van der Waals surface area contributed by atoms with Gasteiger partial charge in [0.05, 0.1) is 18.8 Å². The van der Waals surface area contributed by atoms with Crippen LogP contribution in [-0.4, -0.2) is 49.3 Å². The lowest BCUT2D eigenvalue weighted by atomic mass is 10.0. The highest BCUT2D eigenvalue weighted by molar-refractivity contribution is 5.79. The van der Waals surface area contributed by atoms with Gasteiger partial charge >= 0.3 is 0 Å². The minimum Gasteiger partial charge on any atom is -0.496 e. The van der Waals surface area contributed by atoms with E-state index in [-0.39, 0.29) is 6.04 Å². The number of para-hydroxylation sites is 1. The zero-order chi connectivity index (χ0) is 20.5. The Balaban J connectivity index is 1.72. The molecule has 0 saturated carbocycles. The van der Waals surface area contributed by atoms with Crippen molar-refractivity contribution in [3.63, 3.8) is 0 Å². The Kier molecular flexibility index (Phi) is 7.93. The third-order valence-electron chi connectivity index (χ3n) is 5.25. The average molecular weight is 400 g/mol. The molecule has 2 N–H and O–H groups in total. The molecule has 2 heterocycles. The molecule has 158 valence electrons. The van der Waals surface area contributed by atoms with E-state index in [2.05, 4.69) is 51.7 Å². The van der Waals surface area contributed by atoms with Gasteiger partial charge in [0.2, 0.25) is 0 Å². The van der Waals surface area contributed by atoms with Crippen LogP contribution in [0.5, 0.6) is 5.75 Å². The largest absolute Gasteiger partial charge is 0.496 e. The molecule has 7 heteroatoms. The summed E-state index contributed by atoms with van der Waals surface area (Å²) in [7, 11) is 1.74. The molecule has 0 bridgehead atoms. The molecule has 0 aliphatic carbocycles. The second-order valence-corrected chi connectivity index (χ2v) is 7.22. The van der Waals surface area contributed by atoms with Gasteiger partial charge in [-0.3, -0.25) is 4.90 Å². The number of aromatic nitrogens is 1. The number of benzene rings is 1. The van der Waals surface area contributed by atoms with Crippen LogP contribution in [0, 0.1) is 0 Å². The van der Waals surface area contributed by atoms with Gasteiger partial charge in [-0.25, -0.2) is 4.99 Å². The average Bonchev–Trinajstić information content (AvgIpc) is 3.44. The van der Waals surface area contributed by atoms with Crippen LogP contribution in [0.3, 0.4) is 0 Å². The molecule has 1 fully saturated rings. The Bertz CT molecular complexity index is 783. The molecule has 1 aromatic heterocycles. The van der Waals surface area contributed by atoms with E-state index in [1.165, 1.54) is 18.4 Å². The van der Waals surface area contributed by atoms with Gasteiger partial charge in [-0.1, -0.05) is 30.3 Å². The number of nitrogens with zero attached hydrogens (tertiary/aromatic N) is 3. The summed E-state index contributed by atoms with van der Waals surface area (Å²) >= 11 is 0. The number of ether oxygens (including phenoxy) is 1. The summed E-state index contributed by atoms with van der Waals surface area (Å²) in [5.74, 6) is 2.49. The molecule has 1 aromatic carbocycles. The first-order chi connectivity index (χ1) is 14.2. The lowest BCUT2D eigenvalue weighted by Crippen LogP contribution is -2.42. The maximum atomic E-state index is 5.64. The van der Waals surface area contributed by atoms with E-state index in [1.54, 1.807) is 7.11 Å². The summed E-state index contributed by atoms with van der Waals surface area (Å²) in [5.41, 5.74) is 2.17. The Hall–Kier alpha value is -2.54. The highest BCUT2D eigenvalue weighted by Gasteiger charge is 2.26. The molecule has 2 aromatic rings. The van der Waals surface area contributed by atoms with Crippen LogP contribution in [0.1, 0.15) is 49.7 Å². The predicted octanol–water partition coefficient (Wildman–Crippen LogP) is 3.14. The van der Waals surface area contributed by atoms with Crippen LogP contribution >= 0.6 is 0 Å². The minimum absolute atomic E-state index is 0.231. The maximum Gasteiger partial charge on any atom is 0.191 e. The number of guanidine groups is 1. The monoisotopic (exact) mass is 399 g/mol. The summed E-state index contributed by atoms with van der Waals surface area (Å²) in [5, 5.41) is 10.9. The van der Waals surface area contributed by atoms with Crippen molar-refractivity contribution in [1.82, 2.24) is 20.7 Å². The Labute approximate surface area is 173 Å². The zero-order valence-corrected chi connectivity index (χ0v) is 17.8. The van der Waals surface area contributed by atoms with E-state index in [0.29, 0.717) is 6.54 Å². The van der Waals surface area contributed by atoms with E-state index in [0.717, 1.165) is 55.8 Å². The molecule has 1 aliphatic heterocycles. The molecule has 3 rings (SSSR count). The topological polar surface area (TPSA) is 74.9 Å². The van der Waals surface area contributed by atoms with Crippen molar-refractivity contribution in [3.8, 4) is 5.75 Å². The van der Waals surface area contributed by atoms with Crippen molar-refractivity contribution in [1.29, 1.82) is 0 Å². The first-order valence-corrected chi connectivity index (χ1v) is 10.6. The summed E-state index contributed by atoms with van der Waals surface area (Å²) in [6.07, 6.45) is 3.35. The van der Waals surface area contributed by atoms with Crippen LogP contribution in [0.25, 0.3) is 0 Å². The molecule has 1 atom stereocenters. The van der Waals surface area contributed by atoms with Crippen LogP contribution < -0.4 is 15.4 Å². The van der Waals surface area contributed by atoms with E-state index in [9.17, 15) is 0 Å². The van der Waals surface area contributed by atoms with Crippen LogP contribution in [0.2, 0.25) is 0 Å². The van der Waals surface area contributed by atoms with Crippen LogP contribution in [0.15, 0.2) is 39.8 Å². The number of nitrogens with one attached hydrogen (secondary N) is 2. The quantitative estimate of drug-likeness (QED) is 0.498. The third-order valence-corrected chi connectivity index (χ3v) is 5.25. The second-order valence-electron chi connectivity index (χ2n) is 7.22. The van der Waals surface area contributed by atoms with Crippen molar-refractivity contribution in [2.24, 2.45) is 4.99 Å². The fourth-order valence-electron chi connectivity index (χ4n) is 3.72. The normalized spacial score (nSPS) is 16.0. The smallest absolute Gasteiger partial charge is 0.191 e. The predicted molar refractivity (Wildman–Crippen MR) is 115 cm³/mol. The fourth-order valence-corrected chi connectivity index (χ4v) is 3.72. The Morgan fingerprint density at radius 3 is 2.72 bits per heavy atom. The number of rotatable bonds is 9. The summed E-state index contributed by atoms with van der Waals surface area (Å²) in [6.45, 7) is 8.36. The van der Waals surface area contributed by atoms with E-state index in [1.807, 2.05) is 18.2 Å². The van der Waals surface area contributed by atoms with Gasteiger partial charge in [0, 0.05) is 24.7 Å². The minimum atomic E-state index is 0.231. The van der Waals surface area contributed by atoms with Gasteiger partial charge in [-0.2, -0.15) is 0 Å². The number of hydrogen-bond donors (Lipinski definition) is 2. The van der Waals surface area contributed by atoms with Crippen molar-refractivity contribution in [2.45, 2.75) is 45.7 Å². The Morgan fingerprint density at radius 2 is 2.03 bits per heavy atom. The molecule has 0 radical (unpaired) electrons. The SMILES string of the molecule is CCNC(=NCc1cc(CC)no1)NCC(c1ccccc1OC)N1CCCC1. The van der Waals surface area contributed by atoms with Gasteiger partial charge in [0.25, 0.3) is 0 Å². The summed E-state index contributed by atoms with van der Waals surface area (Å²) in [6, 6.07) is 10.5. The van der Waals surface area contributed by atoms with Crippen molar-refractivity contribution < 1.29 is 9.26 Å². The van der Waals surface area contributed by atoms with Crippen LogP contribution in [0.4, 0.5) is 0 Å². The first kappa shape index (κ1) is 21.2. The third kappa shape index (κ3) is 5.73. The standard InChI is InChI=1S/C22H33N5O2/c1-4-17-14-18(29-26-17)15-24-22(23-5-2)25-16-20(27-12-8-9-13-27)19-10-6-7-11-21(19)28-3/h6-7,10-11,14,20H,4-5,8-9,12-13,15-16H2,1-3H3,(H2,23,24,25). The molecular formula is C22H33N5O2. The zero-order valence-electron chi connectivity index (χ0n) is 17.8. The molecule has 29 heavy (non-hydrogen) atoms. The van der Waals surface area contributed by atoms with Crippen molar-refractivity contribution >= 4 is 5.96 Å². The van der Waals surface area contributed by atoms with Crippen LogP contribution in [-0.2, 0) is 13.0 Å². The molecular weight excluding hydrogens is 366 g/mol. The molecule has 7 nitrogen and oxygen atoms in total. The first-order valence-electron chi connectivity index (χ1n) is 10.6. The molecule has 0 amide bonds.